The van der Waals surface area contributed by atoms with Gasteiger partial charge in [-0.15, -0.1) is 0 Å². The maximum atomic E-state index is 13.2. The Morgan fingerprint density at radius 2 is 2.00 bits per heavy atom. The molecule has 3 rings (SSSR count). The van der Waals surface area contributed by atoms with Gasteiger partial charge in [0.2, 0.25) is 5.95 Å². The van der Waals surface area contributed by atoms with Crippen LogP contribution in [0.4, 0.5) is 4.39 Å². The standard InChI is InChI=1S/C18H18FIN2O/c19-18-17(20)9-16(10-21-18)15-3-1-13(2-4-15)11-22-7-5-14(12-23)6-8-22/h1-5,9-10,23H,6-8,11-12H2. The molecule has 23 heavy (non-hydrogen) atoms. The minimum absolute atomic E-state index is 0.174. The average molecular weight is 424 g/mol. The molecule has 0 radical (unpaired) electrons. The molecule has 0 unspecified atom stereocenters. The van der Waals surface area contributed by atoms with Crippen molar-refractivity contribution < 1.29 is 9.50 Å². The Bertz CT molecular complexity index is 715. The highest BCUT2D eigenvalue weighted by atomic mass is 127. The van der Waals surface area contributed by atoms with Crippen LogP contribution >= 0.6 is 22.6 Å². The molecule has 1 aliphatic rings. The maximum absolute atomic E-state index is 13.2. The summed E-state index contributed by atoms with van der Waals surface area (Å²) in [5.74, 6) is -0.425. The van der Waals surface area contributed by atoms with Gasteiger partial charge in [-0.1, -0.05) is 30.3 Å². The lowest BCUT2D eigenvalue weighted by Gasteiger charge is -2.25. The first-order valence-electron chi connectivity index (χ1n) is 7.57. The highest BCUT2D eigenvalue weighted by molar-refractivity contribution is 14.1. The van der Waals surface area contributed by atoms with Crippen molar-refractivity contribution in [2.75, 3.05) is 19.7 Å². The second-order valence-corrected chi connectivity index (χ2v) is 6.86. The summed E-state index contributed by atoms with van der Waals surface area (Å²) in [5.41, 5.74) is 4.35. The second kappa shape index (κ2) is 7.51. The number of hydrogen-bond acceptors (Lipinski definition) is 3. The molecule has 0 amide bonds. The fourth-order valence-electron chi connectivity index (χ4n) is 2.68. The third-order valence-corrected chi connectivity index (χ3v) is 4.84. The Balaban J connectivity index is 1.67. The molecule has 1 aromatic heterocycles. The van der Waals surface area contributed by atoms with Gasteiger partial charge < -0.3 is 5.11 Å². The van der Waals surface area contributed by atoms with Crippen LogP contribution in [0.2, 0.25) is 0 Å². The quantitative estimate of drug-likeness (QED) is 0.463. The molecule has 2 aromatic rings. The number of aromatic nitrogens is 1. The lowest BCUT2D eigenvalue weighted by atomic mass is 10.0. The fraction of sp³-hybridized carbons (Fsp3) is 0.278. The van der Waals surface area contributed by atoms with Crippen LogP contribution in [-0.4, -0.2) is 34.7 Å². The number of hydrogen-bond donors (Lipinski definition) is 1. The van der Waals surface area contributed by atoms with E-state index in [0.717, 1.165) is 42.8 Å². The summed E-state index contributed by atoms with van der Waals surface area (Å²) in [6.07, 6.45) is 4.62. The zero-order valence-electron chi connectivity index (χ0n) is 12.7. The van der Waals surface area contributed by atoms with Crippen LogP contribution < -0.4 is 0 Å². The first kappa shape index (κ1) is 16.5. The van der Waals surface area contributed by atoms with E-state index in [0.29, 0.717) is 3.57 Å². The Morgan fingerprint density at radius 3 is 2.61 bits per heavy atom. The summed E-state index contributed by atoms with van der Waals surface area (Å²) in [4.78, 5) is 6.13. The molecule has 0 saturated heterocycles. The van der Waals surface area contributed by atoms with Gasteiger partial charge in [0.05, 0.1) is 10.2 Å². The van der Waals surface area contributed by atoms with Crippen LogP contribution in [0.5, 0.6) is 0 Å². The van der Waals surface area contributed by atoms with Gasteiger partial charge in [-0.3, -0.25) is 4.90 Å². The average Bonchev–Trinajstić information content (AvgIpc) is 2.59. The molecule has 0 bridgehead atoms. The van der Waals surface area contributed by atoms with E-state index < -0.39 is 5.95 Å². The lowest BCUT2D eigenvalue weighted by Crippen LogP contribution is -2.28. The van der Waals surface area contributed by atoms with Crippen LogP contribution in [0.25, 0.3) is 11.1 Å². The molecule has 0 atom stereocenters. The van der Waals surface area contributed by atoms with Crippen molar-refractivity contribution in [3.05, 3.63) is 63.3 Å². The van der Waals surface area contributed by atoms with E-state index in [9.17, 15) is 4.39 Å². The van der Waals surface area contributed by atoms with Crippen LogP contribution in [0.1, 0.15) is 12.0 Å². The van der Waals surface area contributed by atoms with Crippen molar-refractivity contribution in [3.63, 3.8) is 0 Å². The van der Waals surface area contributed by atoms with Crippen LogP contribution in [0.15, 0.2) is 48.2 Å². The van der Waals surface area contributed by atoms with Crippen LogP contribution in [0.3, 0.4) is 0 Å². The summed E-state index contributed by atoms with van der Waals surface area (Å²) in [6.45, 7) is 2.94. The Morgan fingerprint density at radius 1 is 1.22 bits per heavy atom. The molecule has 0 spiro atoms. The summed E-state index contributed by atoms with van der Waals surface area (Å²) in [5, 5.41) is 9.13. The topological polar surface area (TPSA) is 36.4 Å². The van der Waals surface area contributed by atoms with E-state index in [-0.39, 0.29) is 6.61 Å². The predicted molar refractivity (Wildman–Crippen MR) is 97.4 cm³/mol. The van der Waals surface area contributed by atoms with Gasteiger partial charge in [0.25, 0.3) is 0 Å². The molecular formula is C18H18FIN2O. The van der Waals surface area contributed by atoms with Crippen molar-refractivity contribution in [2.24, 2.45) is 0 Å². The number of pyridine rings is 1. The highest BCUT2D eigenvalue weighted by Gasteiger charge is 2.11. The summed E-state index contributed by atoms with van der Waals surface area (Å²) < 4.78 is 13.8. The van der Waals surface area contributed by atoms with Crippen molar-refractivity contribution in [3.8, 4) is 11.1 Å². The van der Waals surface area contributed by atoms with Gasteiger partial charge in [-0.2, -0.15) is 4.39 Å². The van der Waals surface area contributed by atoms with Crippen molar-refractivity contribution in [1.82, 2.24) is 9.88 Å². The third-order valence-electron chi connectivity index (χ3n) is 4.08. The number of aliphatic hydroxyl groups excluding tert-OH is 1. The highest BCUT2D eigenvalue weighted by Crippen LogP contribution is 2.23. The van der Waals surface area contributed by atoms with Gasteiger partial charge in [-0.25, -0.2) is 4.98 Å². The van der Waals surface area contributed by atoms with Gasteiger partial charge in [0, 0.05) is 31.4 Å². The number of nitrogens with zero attached hydrogens (tertiary/aromatic N) is 2. The zero-order valence-corrected chi connectivity index (χ0v) is 14.8. The molecule has 0 saturated carbocycles. The van der Waals surface area contributed by atoms with E-state index in [4.69, 9.17) is 5.11 Å². The van der Waals surface area contributed by atoms with Crippen LogP contribution in [0, 0.1) is 9.52 Å². The molecule has 1 aliphatic heterocycles. The maximum Gasteiger partial charge on any atom is 0.226 e. The number of rotatable bonds is 4. The van der Waals surface area contributed by atoms with Gasteiger partial charge in [0.1, 0.15) is 0 Å². The fourth-order valence-corrected chi connectivity index (χ4v) is 3.16. The minimum Gasteiger partial charge on any atom is -0.392 e. The number of aliphatic hydroxyl groups is 1. The summed E-state index contributed by atoms with van der Waals surface area (Å²) >= 11 is 1.96. The molecular weight excluding hydrogens is 406 g/mol. The molecule has 120 valence electrons. The van der Waals surface area contributed by atoms with E-state index in [1.807, 2.05) is 28.7 Å². The molecule has 5 heteroatoms. The third kappa shape index (κ3) is 4.16. The second-order valence-electron chi connectivity index (χ2n) is 5.70. The zero-order chi connectivity index (χ0) is 16.2. The normalized spacial score (nSPS) is 15.5. The first-order valence-corrected chi connectivity index (χ1v) is 8.65. The molecule has 0 fully saturated rings. The van der Waals surface area contributed by atoms with E-state index >= 15 is 0 Å². The minimum atomic E-state index is -0.425. The number of benzene rings is 1. The van der Waals surface area contributed by atoms with E-state index in [1.165, 1.54) is 5.56 Å². The largest absolute Gasteiger partial charge is 0.392 e. The lowest BCUT2D eigenvalue weighted by molar-refractivity contribution is 0.264. The van der Waals surface area contributed by atoms with Gasteiger partial charge in [-0.05, 0) is 51.8 Å². The van der Waals surface area contributed by atoms with Gasteiger partial charge >= 0.3 is 0 Å². The molecule has 0 aliphatic carbocycles. The molecule has 1 aromatic carbocycles. The summed E-state index contributed by atoms with van der Waals surface area (Å²) in [7, 11) is 0. The van der Waals surface area contributed by atoms with E-state index in [2.05, 4.69) is 40.2 Å². The van der Waals surface area contributed by atoms with Crippen molar-refractivity contribution in [2.45, 2.75) is 13.0 Å². The molecule has 1 N–H and O–H groups in total. The summed E-state index contributed by atoms with van der Waals surface area (Å²) in [6, 6.07) is 10.1. The molecule has 2 heterocycles. The van der Waals surface area contributed by atoms with Crippen LogP contribution in [-0.2, 0) is 6.54 Å². The first-order chi connectivity index (χ1) is 11.2. The van der Waals surface area contributed by atoms with E-state index in [1.54, 1.807) is 6.20 Å². The Hall–Kier alpha value is -1.31. The molecule has 3 nitrogen and oxygen atoms in total. The number of halogens is 2. The smallest absolute Gasteiger partial charge is 0.226 e. The Labute approximate surface area is 149 Å². The van der Waals surface area contributed by atoms with Crippen molar-refractivity contribution in [1.29, 1.82) is 0 Å². The van der Waals surface area contributed by atoms with Crippen molar-refractivity contribution >= 4 is 22.6 Å². The predicted octanol–water partition coefficient (Wildman–Crippen LogP) is 3.62. The monoisotopic (exact) mass is 424 g/mol. The SMILES string of the molecule is OCC1=CCN(Cc2ccc(-c3cnc(F)c(I)c3)cc2)CC1. The Kier molecular flexibility index (Phi) is 5.40. The van der Waals surface area contributed by atoms with Gasteiger partial charge in [0.15, 0.2) is 0 Å².